The first-order chi connectivity index (χ1) is 36.8. The smallest absolute Gasteiger partial charge is 0.0990 e. The minimum absolute atomic E-state index is 0.722. The van der Waals surface area contributed by atoms with Gasteiger partial charge in [-0.1, -0.05) is 195 Å². The molecule has 15 aromatic rings. The van der Waals surface area contributed by atoms with Gasteiger partial charge in [-0.15, -0.1) is 0 Å². The summed E-state index contributed by atoms with van der Waals surface area (Å²) in [6, 6.07) is 81.4. The third kappa shape index (κ3) is 5.47. The fraction of sp³-hybridized carbons (Fsp3) is 0.0435. The second kappa shape index (κ2) is 15.7. The van der Waals surface area contributed by atoms with Gasteiger partial charge in [0.2, 0.25) is 0 Å². The summed E-state index contributed by atoms with van der Waals surface area (Å²) < 4.78 is 13.2. The van der Waals surface area contributed by atoms with E-state index in [0.717, 1.165) is 79.7 Å². The lowest BCUT2D eigenvalue weighted by Crippen LogP contribution is -2.20. The van der Waals surface area contributed by atoms with Crippen molar-refractivity contribution in [2.24, 2.45) is 0 Å². The van der Waals surface area contributed by atoms with Crippen LogP contribution in [0.4, 0.5) is 0 Å². The van der Waals surface area contributed by atoms with Gasteiger partial charge in [-0.25, -0.2) is 0 Å². The van der Waals surface area contributed by atoms with Crippen LogP contribution in [0.25, 0.3) is 133 Å². The highest BCUT2D eigenvalue weighted by Crippen LogP contribution is 2.52. The molecule has 0 unspecified atom stereocenters. The van der Waals surface area contributed by atoms with Gasteiger partial charge in [0.15, 0.2) is 0 Å². The summed E-state index contributed by atoms with van der Waals surface area (Å²) in [5.74, 6) is 0. The number of para-hydroxylation sites is 9. The molecule has 0 atom stereocenters. The van der Waals surface area contributed by atoms with Crippen LogP contribution in [0.15, 0.2) is 237 Å². The Balaban J connectivity index is 1.30. The normalized spacial score (nSPS) is 12.8. The van der Waals surface area contributed by atoms with E-state index in [4.69, 9.17) is 0 Å². The van der Waals surface area contributed by atoms with Crippen molar-refractivity contribution < 1.29 is 0 Å². The molecule has 0 amide bonds. The molecule has 74 heavy (non-hydrogen) atoms. The van der Waals surface area contributed by atoms with E-state index in [0.29, 0.717) is 0 Å². The second-order valence-corrected chi connectivity index (χ2v) is 19.8. The average Bonchev–Trinajstić information content (AvgIpc) is 4.21. The number of nitrogens with zero attached hydrogens (tertiary/aromatic N) is 5. The van der Waals surface area contributed by atoms with Gasteiger partial charge in [0.25, 0.3) is 0 Å². The number of rotatable bonds is 6. The summed E-state index contributed by atoms with van der Waals surface area (Å²) in [7, 11) is 0. The molecule has 0 aliphatic heterocycles. The fourth-order valence-electron chi connectivity index (χ4n) is 13.2. The van der Waals surface area contributed by atoms with Gasteiger partial charge in [0.1, 0.15) is 0 Å². The summed E-state index contributed by atoms with van der Waals surface area (Å²) >= 11 is 0. The standard InChI is InChI=1S/C69H47N5/c1-2-44-65(70-55-34-5-3-4-24-45(55)46-25-6-15-35-56(46)70)67(72-59-38-18-9-28-49(59)50-29-10-19-39-60(50)72)69(74-63-42-22-13-32-53(63)54-33-14-23-43-64(54)74)68(73-61-40-20-11-30-51(61)52-31-12-21-41-62(52)73)66(44)71-57-36-16-7-26-47(57)48-27-8-17-37-58(48)71/h3-33,35-43H,2,34H2,1H3. The Bertz CT molecular complexity index is 4710. The number of fused-ring (bicyclic) bond motifs is 15. The van der Waals surface area contributed by atoms with Gasteiger partial charge < -0.3 is 22.8 Å². The van der Waals surface area contributed by atoms with E-state index in [1.54, 1.807) is 0 Å². The molecule has 0 fully saturated rings. The maximum atomic E-state index is 2.67. The van der Waals surface area contributed by atoms with Crippen molar-refractivity contribution >= 4 is 104 Å². The van der Waals surface area contributed by atoms with Gasteiger partial charge in [0, 0.05) is 71.7 Å². The van der Waals surface area contributed by atoms with E-state index in [1.165, 1.54) is 76.5 Å². The molecule has 1 aliphatic rings. The molecule has 0 bridgehead atoms. The van der Waals surface area contributed by atoms with Gasteiger partial charge in [-0.05, 0) is 61.0 Å². The number of aromatic nitrogens is 5. The van der Waals surface area contributed by atoms with Crippen molar-refractivity contribution in [2.75, 3.05) is 0 Å². The Morgan fingerprint density at radius 2 is 0.541 bits per heavy atom. The number of allylic oxidation sites excluding steroid dienone is 3. The number of hydrogen-bond acceptors (Lipinski definition) is 0. The second-order valence-electron chi connectivity index (χ2n) is 19.8. The van der Waals surface area contributed by atoms with Crippen LogP contribution in [0, 0.1) is 0 Å². The zero-order chi connectivity index (χ0) is 48.6. The molecule has 1 aliphatic carbocycles. The zero-order valence-corrected chi connectivity index (χ0v) is 40.7. The summed E-state index contributed by atoms with van der Waals surface area (Å²) in [5.41, 5.74) is 19.8. The van der Waals surface area contributed by atoms with Crippen LogP contribution in [-0.4, -0.2) is 22.8 Å². The van der Waals surface area contributed by atoms with Gasteiger partial charge in [0.05, 0.1) is 78.1 Å². The van der Waals surface area contributed by atoms with Crippen molar-refractivity contribution in [1.82, 2.24) is 22.8 Å². The first-order valence-electron chi connectivity index (χ1n) is 25.9. The van der Waals surface area contributed by atoms with Crippen molar-refractivity contribution in [1.29, 1.82) is 0 Å². The molecule has 5 aromatic heterocycles. The molecule has 0 saturated carbocycles. The average molecular weight is 946 g/mol. The molecular formula is C69H47N5. The minimum atomic E-state index is 0.722. The molecule has 10 aromatic carbocycles. The molecule has 16 rings (SSSR count). The predicted octanol–water partition coefficient (Wildman–Crippen LogP) is 17.7. The van der Waals surface area contributed by atoms with Crippen LogP contribution in [0.5, 0.6) is 0 Å². The van der Waals surface area contributed by atoms with Crippen molar-refractivity contribution in [3.63, 3.8) is 0 Å². The maximum Gasteiger partial charge on any atom is 0.0990 e. The zero-order valence-electron chi connectivity index (χ0n) is 40.7. The highest BCUT2D eigenvalue weighted by atomic mass is 15.2. The third-order valence-corrected chi connectivity index (χ3v) is 16.1. The van der Waals surface area contributed by atoms with Crippen LogP contribution in [-0.2, 0) is 12.8 Å². The largest absolute Gasteiger partial charge is 0.310 e. The summed E-state index contributed by atoms with van der Waals surface area (Å²) in [6.07, 6.45) is 10.6. The van der Waals surface area contributed by atoms with Gasteiger partial charge >= 0.3 is 0 Å². The molecule has 348 valence electrons. The molecule has 0 saturated heterocycles. The summed E-state index contributed by atoms with van der Waals surface area (Å²) in [6.45, 7) is 2.38. The van der Waals surface area contributed by atoms with Crippen molar-refractivity contribution in [2.45, 2.75) is 19.8 Å². The molecule has 5 heterocycles. The Labute approximate surface area is 426 Å². The van der Waals surface area contributed by atoms with Crippen LogP contribution in [0.3, 0.4) is 0 Å². The first kappa shape index (κ1) is 41.1. The fourth-order valence-corrected chi connectivity index (χ4v) is 13.2. The Hall–Kier alpha value is -9.58. The Kier molecular flexibility index (Phi) is 8.72. The Morgan fingerprint density at radius 3 is 0.865 bits per heavy atom. The van der Waals surface area contributed by atoms with Crippen molar-refractivity contribution in [3.05, 3.63) is 253 Å². The topological polar surface area (TPSA) is 24.6 Å². The molecule has 0 spiro atoms. The SMILES string of the molecule is CCc1c(-n2c3c(c4ccccc42)C=CC=CC3)c(-n2c3ccccc3c3ccccc32)c(-n2c3ccccc3c3ccccc32)c(-n2c3ccccc3c3ccccc32)c1-n1c2ccccc2c2ccccc21. The lowest BCUT2D eigenvalue weighted by molar-refractivity contribution is 0.918. The maximum absolute atomic E-state index is 2.67. The predicted molar refractivity (Wildman–Crippen MR) is 312 cm³/mol. The Morgan fingerprint density at radius 1 is 0.284 bits per heavy atom. The van der Waals surface area contributed by atoms with E-state index >= 15 is 0 Å². The molecular weight excluding hydrogens is 899 g/mol. The van der Waals surface area contributed by atoms with E-state index in [2.05, 4.69) is 272 Å². The van der Waals surface area contributed by atoms with Crippen molar-refractivity contribution in [3.8, 4) is 28.4 Å². The quantitative estimate of drug-likeness (QED) is 0.159. The molecule has 0 radical (unpaired) electrons. The van der Waals surface area contributed by atoms with Crippen LogP contribution < -0.4 is 0 Å². The first-order valence-corrected chi connectivity index (χ1v) is 25.9. The molecule has 5 heteroatoms. The lowest BCUT2D eigenvalue weighted by Gasteiger charge is -2.32. The monoisotopic (exact) mass is 945 g/mol. The van der Waals surface area contributed by atoms with Gasteiger partial charge in [-0.3, -0.25) is 0 Å². The van der Waals surface area contributed by atoms with E-state index in [-0.39, 0.29) is 0 Å². The third-order valence-electron chi connectivity index (χ3n) is 16.1. The number of benzene rings is 10. The lowest BCUT2D eigenvalue weighted by atomic mass is 9.98. The van der Waals surface area contributed by atoms with E-state index in [9.17, 15) is 0 Å². The van der Waals surface area contributed by atoms with Crippen LogP contribution >= 0.6 is 0 Å². The molecule has 5 nitrogen and oxygen atoms in total. The summed E-state index contributed by atoms with van der Waals surface area (Å²) in [5, 5.41) is 11.0. The minimum Gasteiger partial charge on any atom is -0.310 e. The highest BCUT2D eigenvalue weighted by Gasteiger charge is 2.36. The van der Waals surface area contributed by atoms with E-state index < -0.39 is 0 Å². The van der Waals surface area contributed by atoms with Crippen LogP contribution in [0.2, 0.25) is 0 Å². The summed E-state index contributed by atoms with van der Waals surface area (Å²) in [4.78, 5) is 0. The number of hydrogen-bond donors (Lipinski definition) is 0. The van der Waals surface area contributed by atoms with Gasteiger partial charge in [-0.2, -0.15) is 0 Å². The van der Waals surface area contributed by atoms with E-state index in [1.807, 2.05) is 0 Å². The van der Waals surface area contributed by atoms with Crippen LogP contribution in [0.1, 0.15) is 23.7 Å². The molecule has 0 N–H and O–H groups in total. The highest BCUT2D eigenvalue weighted by molar-refractivity contribution is 6.16.